The fourth-order valence-electron chi connectivity index (χ4n) is 2.28. The van der Waals surface area contributed by atoms with Gasteiger partial charge >= 0.3 is 5.97 Å². The number of esters is 1. The Bertz CT molecular complexity index is 882. The van der Waals surface area contributed by atoms with Crippen molar-refractivity contribution in [3.63, 3.8) is 0 Å². The summed E-state index contributed by atoms with van der Waals surface area (Å²) in [5.74, 6) is -1.86. The minimum Gasteiger partial charge on any atom is -0.464 e. The SMILES string of the molecule is CO/N=C(/C(=O)OC)c1ccccc1CO/N=C(\C)c1cc(F)ccc1F. The van der Waals surface area contributed by atoms with E-state index in [2.05, 4.69) is 10.3 Å². The van der Waals surface area contributed by atoms with Crippen molar-refractivity contribution >= 4 is 17.4 Å². The monoisotopic (exact) mass is 376 g/mol. The summed E-state index contributed by atoms with van der Waals surface area (Å²) < 4.78 is 31.8. The summed E-state index contributed by atoms with van der Waals surface area (Å²) in [6, 6.07) is 9.88. The molecule has 0 unspecified atom stereocenters. The highest BCUT2D eigenvalue weighted by Gasteiger charge is 2.19. The number of hydrogen-bond donors (Lipinski definition) is 0. The Morgan fingerprint density at radius 2 is 1.78 bits per heavy atom. The Labute approximate surface area is 155 Å². The van der Waals surface area contributed by atoms with Crippen LogP contribution in [0.5, 0.6) is 0 Å². The third-order valence-electron chi connectivity index (χ3n) is 3.57. The predicted octanol–water partition coefficient (Wildman–Crippen LogP) is 3.43. The van der Waals surface area contributed by atoms with Crippen LogP contribution in [0.2, 0.25) is 0 Å². The zero-order chi connectivity index (χ0) is 19.8. The molecule has 0 amide bonds. The molecular formula is C19H18F2N2O4. The second-order valence-electron chi connectivity index (χ2n) is 5.35. The van der Waals surface area contributed by atoms with Crippen molar-refractivity contribution in [2.24, 2.45) is 10.3 Å². The summed E-state index contributed by atoms with van der Waals surface area (Å²) in [5, 5.41) is 7.52. The molecular weight excluding hydrogens is 358 g/mol. The van der Waals surface area contributed by atoms with E-state index in [1.807, 2.05) is 0 Å². The Balaban J connectivity index is 2.23. The molecule has 0 fully saturated rings. The third-order valence-corrected chi connectivity index (χ3v) is 3.57. The zero-order valence-electron chi connectivity index (χ0n) is 15.0. The van der Waals surface area contributed by atoms with Gasteiger partial charge in [0.25, 0.3) is 0 Å². The lowest BCUT2D eigenvalue weighted by atomic mass is 10.0. The molecule has 0 aromatic heterocycles. The van der Waals surface area contributed by atoms with Crippen LogP contribution in [0.1, 0.15) is 23.6 Å². The van der Waals surface area contributed by atoms with Gasteiger partial charge in [0.05, 0.1) is 12.8 Å². The van der Waals surface area contributed by atoms with Crippen LogP contribution in [-0.4, -0.2) is 31.6 Å². The van der Waals surface area contributed by atoms with Gasteiger partial charge in [-0.15, -0.1) is 0 Å². The van der Waals surface area contributed by atoms with Crippen molar-refractivity contribution in [2.45, 2.75) is 13.5 Å². The maximum absolute atomic E-state index is 13.8. The molecule has 142 valence electrons. The van der Waals surface area contributed by atoms with Gasteiger partial charge in [-0.1, -0.05) is 34.6 Å². The minimum atomic E-state index is -0.675. The molecule has 6 nitrogen and oxygen atoms in total. The third kappa shape index (κ3) is 5.10. The molecule has 0 aliphatic carbocycles. The molecule has 0 heterocycles. The van der Waals surface area contributed by atoms with E-state index in [0.29, 0.717) is 11.1 Å². The van der Waals surface area contributed by atoms with Crippen LogP contribution in [0, 0.1) is 11.6 Å². The Hall–Kier alpha value is -3.29. The number of benzene rings is 2. The molecule has 0 saturated heterocycles. The van der Waals surface area contributed by atoms with E-state index in [1.54, 1.807) is 24.3 Å². The van der Waals surface area contributed by atoms with Crippen molar-refractivity contribution < 1.29 is 28.0 Å². The van der Waals surface area contributed by atoms with E-state index in [-0.39, 0.29) is 23.6 Å². The van der Waals surface area contributed by atoms with E-state index >= 15 is 0 Å². The summed E-state index contributed by atoms with van der Waals surface area (Å²) in [5.41, 5.74) is 1.16. The molecule has 2 rings (SSSR count). The molecule has 0 N–H and O–H groups in total. The van der Waals surface area contributed by atoms with Crippen molar-refractivity contribution in [1.82, 2.24) is 0 Å². The van der Waals surface area contributed by atoms with Gasteiger partial charge in [-0.05, 0) is 25.1 Å². The number of hydrogen-bond acceptors (Lipinski definition) is 6. The maximum atomic E-state index is 13.8. The zero-order valence-corrected chi connectivity index (χ0v) is 15.0. The fraction of sp³-hybridized carbons (Fsp3) is 0.211. The van der Waals surface area contributed by atoms with Gasteiger partial charge in [0.2, 0.25) is 0 Å². The second kappa shape index (κ2) is 9.42. The maximum Gasteiger partial charge on any atom is 0.360 e. The molecule has 8 heteroatoms. The van der Waals surface area contributed by atoms with E-state index < -0.39 is 17.6 Å². The van der Waals surface area contributed by atoms with Gasteiger partial charge in [0, 0.05) is 16.7 Å². The number of oxime groups is 2. The standard InChI is InChI=1S/C19H18F2N2O4/c1-12(16-10-14(20)8-9-17(16)21)22-27-11-13-6-4-5-7-15(13)18(23-26-3)19(24)25-2/h4-10H,11H2,1-3H3/b22-12+,23-18+. The van der Waals surface area contributed by atoms with Crippen LogP contribution in [-0.2, 0) is 25.8 Å². The van der Waals surface area contributed by atoms with E-state index in [9.17, 15) is 13.6 Å². The van der Waals surface area contributed by atoms with Crippen LogP contribution in [0.3, 0.4) is 0 Å². The van der Waals surface area contributed by atoms with Crippen molar-refractivity contribution in [1.29, 1.82) is 0 Å². The van der Waals surface area contributed by atoms with Crippen LogP contribution < -0.4 is 0 Å². The molecule has 0 radical (unpaired) electrons. The van der Waals surface area contributed by atoms with Crippen molar-refractivity contribution in [3.8, 4) is 0 Å². The highest BCUT2D eigenvalue weighted by atomic mass is 19.1. The first kappa shape index (κ1) is 20.0. The molecule has 0 bridgehead atoms. The molecule has 0 aliphatic rings. The number of ether oxygens (including phenoxy) is 1. The summed E-state index contributed by atoms with van der Waals surface area (Å²) >= 11 is 0. The van der Waals surface area contributed by atoms with Gasteiger partial charge in [-0.2, -0.15) is 0 Å². The van der Waals surface area contributed by atoms with Crippen LogP contribution in [0.25, 0.3) is 0 Å². The van der Waals surface area contributed by atoms with Gasteiger partial charge < -0.3 is 14.4 Å². The number of carbonyl (C=O) groups is 1. The molecule has 27 heavy (non-hydrogen) atoms. The number of carbonyl (C=O) groups excluding carboxylic acids is 1. The Morgan fingerprint density at radius 3 is 2.48 bits per heavy atom. The quantitative estimate of drug-likeness (QED) is 0.422. The lowest BCUT2D eigenvalue weighted by molar-refractivity contribution is -0.132. The number of methoxy groups -OCH3 is 1. The smallest absolute Gasteiger partial charge is 0.360 e. The number of rotatable bonds is 7. The van der Waals surface area contributed by atoms with E-state index in [0.717, 1.165) is 18.2 Å². The molecule has 2 aromatic carbocycles. The molecule has 0 spiro atoms. The number of nitrogens with zero attached hydrogens (tertiary/aromatic N) is 2. The lowest BCUT2D eigenvalue weighted by Crippen LogP contribution is -2.19. The van der Waals surface area contributed by atoms with Crippen LogP contribution in [0.15, 0.2) is 52.8 Å². The first-order valence-electron chi connectivity index (χ1n) is 7.87. The first-order chi connectivity index (χ1) is 13.0. The van der Waals surface area contributed by atoms with E-state index in [1.165, 1.54) is 21.1 Å². The lowest BCUT2D eigenvalue weighted by Gasteiger charge is -2.10. The van der Waals surface area contributed by atoms with E-state index in [4.69, 9.17) is 14.4 Å². The number of halogens is 2. The topological polar surface area (TPSA) is 69.5 Å². The van der Waals surface area contributed by atoms with Crippen LogP contribution in [0.4, 0.5) is 8.78 Å². The summed E-state index contributed by atoms with van der Waals surface area (Å²) in [4.78, 5) is 21.9. The average Bonchev–Trinajstić information content (AvgIpc) is 2.67. The first-order valence-corrected chi connectivity index (χ1v) is 7.87. The molecule has 0 atom stereocenters. The predicted molar refractivity (Wildman–Crippen MR) is 95.4 cm³/mol. The van der Waals surface area contributed by atoms with Gasteiger partial charge in [0.1, 0.15) is 25.4 Å². The highest BCUT2D eigenvalue weighted by molar-refractivity contribution is 6.43. The van der Waals surface area contributed by atoms with Gasteiger partial charge in [-0.3, -0.25) is 0 Å². The Kier molecular flexibility index (Phi) is 6.99. The molecule has 0 aliphatic heterocycles. The minimum absolute atomic E-state index is 0.000481. The van der Waals surface area contributed by atoms with Crippen molar-refractivity contribution in [3.05, 3.63) is 70.8 Å². The fourth-order valence-corrected chi connectivity index (χ4v) is 2.28. The summed E-state index contributed by atoms with van der Waals surface area (Å²) in [7, 11) is 2.54. The average molecular weight is 376 g/mol. The molecule has 0 saturated carbocycles. The normalized spacial score (nSPS) is 11.9. The highest BCUT2D eigenvalue weighted by Crippen LogP contribution is 2.15. The second-order valence-corrected chi connectivity index (χ2v) is 5.35. The van der Waals surface area contributed by atoms with Gasteiger partial charge in [0.15, 0.2) is 5.71 Å². The summed E-state index contributed by atoms with van der Waals surface area (Å²) in [6.45, 7) is 1.46. The molecule has 2 aromatic rings. The van der Waals surface area contributed by atoms with Crippen LogP contribution >= 0.6 is 0 Å². The van der Waals surface area contributed by atoms with Crippen molar-refractivity contribution in [2.75, 3.05) is 14.2 Å². The Morgan fingerprint density at radius 1 is 1.04 bits per heavy atom. The largest absolute Gasteiger partial charge is 0.464 e. The summed E-state index contributed by atoms with van der Waals surface area (Å²) in [6.07, 6.45) is 0. The van der Waals surface area contributed by atoms with Gasteiger partial charge in [-0.25, -0.2) is 13.6 Å².